The standard InChI is InChI=1S/C13H17N5O/c1-8-11-5-10(7-15-12(11)18(2)17-8)16-13(19)9-3-4-14-6-9/h5,7,9,14H,3-4,6H2,1-2H3,(H,16,19). The highest BCUT2D eigenvalue weighted by Gasteiger charge is 2.22. The third-order valence-electron chi connectivity index (χ3n) is 3.56. The van der Waals surface area contributed by atoms with E-state index in [4.69, 9.17) is 0 Å². The minimum atomic E-state index is 0.0608. The first-order valence-electron chi connectivity index (χ1n) is 6.46. The lowest BCUT2D eigenvalue weighted by Gasteiger charge is -2.09. The maximum atomic E-state index is 12.0. The van der Waals surface area contributed by atoms with Gasteiger partial charge < -0.3 is 10.6 Å². The zero-order valence-corrected chi connectivity index (χ0v) is 11.1. The minimum absolute atomic E-state index is 0.0608. The Balaban J connectivity index is 1.85. The predicted molar refractivity (Wildman–Crippen MR) is 72.9 cm³/mol. The summed E-state index contributed by atoms with van der Waals surface area (Å²) in [5.74, 6) is 0.124. The summed E-state index contributed by atoms with van der Waals surface area (Å²) in [5, 5.41) is 11.4. The van der Waals surface area contributed by atoms with E-state index in [1.165, 1.54) is 0 Å². The van der Waals surface area contributed by atoms with E-state index in [9.17, 15) is 4.79 Å². The lowest BCUT2D eigenvalue weighted by Crippen LogP contribution is -2.24. The first-order valence-corrected chi connectivity index (χ1v) is 6.46. The molecule has 3 rings (SSSR count). The van der Waals surface area contributed by atoms with Crippen LogP contribution in [0.2, 0.25) is 0 Å². The van der Waals surface area contributed by atoms with Crippen molar-refractivity contribution in [3.05, 3.63) is 18.0 Å². The number of pyridine rings is 1. The number of rotatable bonds is 2. The quantitative estimate of drug-likeness (QED) is 0.837. The molecule has 0 radical (unpaired) electrons. The summed E-state index contributed by atoms with van der Waals surface area (Å²) >= 11 is 0. The number of carbonyl (C=O) groups is 1. The Morgan fingerprint density at radius 3 is 3.16 bits per heavy atom. The maximum Gasteiger partial charge on any atom is 0.228 e. The molecule has 6 heteroatoms. The van der Waals surface area contributed by atoms with Crippen molar-refractivity contribution in [3.8, 4) is 0 Å². The molecule has 0 saturated carbocycles. The zero-order valence-electron chi connectivity index (χ0n) is 11.1. The number of hydrogen-bond acceptors (Lipinski definition) is 4. The molecule has 1 amide bonds. The van der Waals surface area contributed by atoms with Crippen molar-refractivity contribution in [2.75, 3.05) is 18.4 Å². The monoisotopic (exact) mass is 259 g/mol. The Morgan fingerprint density at radius 2 is 2.42 bits per heavy atom. The van der Waals surface area contributed by atoms with E-state index in [1.54, 1.807) is 10.9 Å². The van der Waals surface area contributed by atoms with E-state index < -0.39 is 0 Å². The van der Waals surface area contributed by atoms with Crippen molar-refractivity contribution in [2.45, 2.75) is 13.3 Å². The molecule has 1 saturated heterocycles. The predicted octanol–water partition coefficient (Wildman–Crippen LogP) is 0.825. The number of anilines is 1. The fourth-order valence-electron chi connectivity index (χ4n) is 2.50. The van der Waals surface area contributed by atoms with Crippen LogP contribution in [0.15, 0.2) is 12.3 Å². The molecular weight excluding hydrogens is 242 g/mol. The van der Waals surface area contributed by atoms with Gasteiger partial charge in [-0.05, 0) is 26.0 Å². The third-order valence-corrected chi connectivity index (χ3v) is 3.56. The summed E-state index contributed by atoms with van der Waals surface area (Å²) in [6.45, 7) is 3.61. The Labute approximate surface area is 111 Å². The molecule has 1 aliphatic rings. The fourth-order valence-corrected chi connectivity index (χ4v) is 2.50. The van der Waals surface area contributed by atoms with E-state index in [0.717, 1.165) is 41.9 Å². The van der Waals surface area contributed by atoms with Crippen LogP contribution in [0.3, 0.4) is 0 Å². The van der Waals surface area contributed by atoms with Crippen molar-refractivity contribution < 1.29 is 4.79 Å². The van der Waals surface area contributed by atoms with Gasteiger partial charge in [-0.15, -0.1) is 0 Å². The number of fused-ring (bicyclic) bond motifs is 1. The van der Waals surface area contributed by atoms with Crippen molar-refractivity contribution in [1.82, 2.24) is 20.1 Å². The van der Waals surface area contributed by atoms with Gasteiger partial charge in [0.05, 0.1) is 23.5 Å². The molecule has 2 aromatic heterocycles. The number of aryl methyl sites for hydroxylation is 2. The minimum Gasteiger partial charge on any atom is -0.324 e. The summed E-state index contributed by atoms with van der Waals surface area (Å²) in [6, 6.07) is 1.94. The van der Waals surface area contributed by atoms with Crippen LogP contribution in [0.25, 0.3) is 11.0 Å². The third kappa shape index (κ3) is 2.19. The summed E-state index contributed by atoms with van der Waals surface area (Å²) in [7, 11) is 1.87. The maximum absolute atomic E-state index is 12.0. The first-order chi connectivity index (χ1) is 9.15. The Bertz CT molecular complexity index is 627. The number of nitrogens with one attached hydrogen (secondary N) is 2. The summed E-state index contributed by atoms with van der Waals surface area (Å²) in [6.07, 6.45) is 2.58. The Morgan fingerprint density at radius 1 is 1.58 bits per heavy atom. The number of hydrogen-bond donors (Lipinski definition) is 2. The van der Waals surface area contributed by atoms with Gasteiger partial charge in [0.25, 0.3) is 0 Å². The van der Waals surface area contributed by atoms with Gasteiger partial charge in [-0.2, -0.15) is 5.10 Å². The molecule has 3 heterocycles. The molecule has 1 unspecified atom stereocenters. The van der Waals surface area contributed by atoms with Gasteiger partial charge in [-0.1, -0.05) is 0 Å². The second-order valence-electron chi connectivity index (χ2n) is 4.98. The summed E-state index contributed by atoms with van der Waals surface area (Å²) in [5.41, 5.74) is 2.49. The number of amides is 1. The highest BCUT2D eigenvalue weighted by atomic mass is 16.1. The van der Waals surface area contributed by atoms with Crippen LogP contribution in [-0.4, -0.2) is 33.8 Å². The van der Waals surface area contributed by atoms with E-state index in [2.05, 4.69) is 20.7 Å². The highest BCUT2D eigenvalue weighted by molar-refractivity contribution is 5.94. The molecule has 100 valence electrons. The van der Waals surface area contributed by atoms with E-state index >= 15 is 0 Å². The number of aromatic nitrogens is 3. The van der Waals surface area contributed by atoms with Crippen molar-refractivity contribution in [2.24, 2.45) is 13.0 Å². The van der Waals surface area contributed by atoms with Crippen LogP contribution in [0.4, 0.5) is 5.69 Å². The molecular formula is C13H17N5O. The summed E-state index contributed by atoms with van der Waals surface area (Å²) < 4.78 is 1.75. The van der Waals surface area contributed by atoms with Crippen LogP contribution in [0.5, 0.6) is 0 Å². The van der Waals surface area contributed by atoms with Gasteiger partial charge in [-0.25, -0.2) is 4.98 Å². The van der Waals surface area contributed by atoms with Crippen molar-refractivity contribution in [3.63, 3.8) is 0 Å². The van der Waals surface area contributed by atoms with Crippen LogP contribution in [0.1, 0.15) is 12.1 Å². The van der Waals surface area contributed by atoms with Gasteiger partial charge in [-0.3, -0.25) is 9.48 Å². The van der Waals surface area contributed by atoms with Crippen LogP contribution >= 0.6 is 0 Å². The number of carbonyl (C=O) groups excluding carboxylic acids is 1. The van der Waals surface area contributed by atoms with Crippen LogP contribution in [0, 0.1) is 12.8 Å². The van der Waals surface area contributed by atoms with Gasteiger partial charge in [0.2, 0.25) is 5.91 Å². The normalized spacial score (nSPS) is 18.9. The Kier molecular flexibility index (Phi) is 2.94. The topological polar surface area (TPSA) is 71.8 Å². The molecule has 2 aromatic rings. The van der Waals surface area contributed by atoms with Crippen molar-refractivity contribution in [1.29, 1.82) is 0 Å². The summed E-state index contributed by atoms with van der Waals surface area (Å²) in [4.78, 5) is 16.4. The van der Waals surface area contributed by atoms with Gasteiger partial charge in [0, 0.05) is 19.0 Å². The van der Waals surface area contributed by atoms with Gasteiger partial charge in [0.15, 0.2) is 5.65 Å². The first kappa shape index (κ1) is 12.1. The molecule has 0 aromatic carbocycles. The van der Waals surface area contributed by atoms with E-state index in [-0.39, 0.29) is 11.8 Å². The molecule has 0 spiro atoms. The molecule has 1 fully saturated rings. The van der Waals surface area contributed by atoms with Gasteiger partial charge in [0.1, 0.15) is 0 Å². The Hall–Kier alpha value is -1.95. The molecule has 19 heavy (non-hydrogen) atoms. The molecule has 1 aliphatic heterocycles. The van der Waals surface area contributed by atoms with Crippen LogP contribution < -0.4 is 10.6 Å². The average molecular weight is 259 g/mol. The van der Waals surface area contributed by atoms with Crippen LogP contribution in [-0.2, 0) is 11.8 Å². The smallest absolute Gasteiger partial charge is 0.228 e. The van der Waals surface area contributed by atoms with Crippen molar-refractivity contribution >= 4 is 22.6 Å². The lowest BCUT2D eigenvalue weighted by molar-refractivity contribution is -0.119. The fraction of sp³-hybridized carbons (Fsp3) is 0.462. The lowest BCUT2D eigenvalue weighted by atomic mass is 10.1. The molecule has 0 aliphatic carbocycles. The van der Waals surface area contributed by atoms with Gasteiger partial charge >= 0.3 is 0 Å². The molecule has 2 N–H and O–H groups in total. The molecule has 6 nitrogen and oxygen atoms in total. The number of nitrogens with zero attached hydrogens (tertiary/aromatic N) is 3. The van der Waals surface area contributed by atoms with E-state index in [0.29, 0.717) is 0 Å². The van der Waals surface area contributed by atoms with E-state index in [1.807, 2.05) is 20.0 Å². The molecule has 1 atom stereocenters. The zero-order chi connectivity index (χ0) is 13.4. The average Bonchev–Trinajstić information content (AvgIpc) is 2.99. The second kappa shape index (κ2) is 4.62. The SMILES string of the molecule is Cc1nn(C)c2ncc(NC(=O)C3CCNC3)cc12. The molecule has 0 bridgehead atoms. The second-order valence-corrected chi connectivity index (χ2v) is 4.98. The largest absolute Gasteiger partial charge is 0.324 e. The highest BCUT2D eigenvalue weighted by Crippen LogP contribution is 2.20.